The number of hydrogen-bond donors (Lipinski definition) is 1. The Morgan fingerprint density at radius 3 is 2.50 bits per heavy atom. The quantitative estimate of drug-likeness (QED) is 0.865. The number of carbonyl (C=O) groups is 2. The molecule has 0 spiro atoms. The summed E-state index contributed by atoms with van der Waals surface area (Å²) in [5, 5.41) is 8.98. The van der Waals surface area contributed by atoms with Crippen molar-refractivity contribution in [3.8, 4) is 0 Å². The van der Waals surface area contributed by atoms with Crippen molar-refractivity contribution in [2.24, 2.45) is 0 Å². The third kappa shape index (κ3) is 3.96. The maximum absolute atomic E-state index is 12.1. The molecular formula is C13H18N2O3S2. The minimum absolute atomic E-state index is 0.127. The second kappa shape index (κ2) is 7.08. The second-order valence-electron chi connectivity index (χ2n) is 4.78. The molecule has 1 saturated heterocycles. The number of hydrogen-bond acceptors (Lipinski definition) is 5. The molecule has 20 heavy (non-hydrogen) atoms. The van der Waals surface area contributed by atoms with E-state index < -0.39 is 5.97 Å². The number of aryl methyl sites for hydroxylation is 1. The first kappa shape index (κ1) is 15.3. The molecule has 1 amide bonds. The fourth-order valence-electron chi connectivity index (χ4n) is 2.17. The van der Waals surface area contributed by atoms with Crippen molar-refractivity contribution in [1.29, 1.82) is 0 Å². The monoisotopic (exact) mass is 314 g/mol. The van der Waals surface area contributed by atoms with Gasteiger partial charge in [0.25, 0.3) is 0 Å². The molecule has 0 bridgehead atoms. The first-order valence-electron chi connectivity index (χ1n) is 6.69. The number of nitrogens with zero attached hydrogens (tertiary/aromatic N) is 2. The van der Waals surface area contributed by atoms with E-state index in [1.54, 1.807) is 6.92 Å². The highest BCUT2D eigenvalue weighted by Crippen LogP contribution is 2.27. The van der Waals surface area contributed by atoms with Crippen molar-refractivity contribution in [2.45, 2.75) is 36.9 Å². The third-order valence-electron chi connectivity index (χ3n) is 3.25. The molecule has 0 unspecified atom stereocenters. The molecule has 0 saturated carbocycles. The van der Waals surface area contributed by atoms with E-state index in [0.29, 0.717) is 15.8 Å². The molecule has 2 rings (SSSR count). The Balaban J connectivity index is 1.89. The van der Waals surface area contributed by atoms with Gasteiger partial charge in [-0.2, -0.15) is 0 Å². The summed E-state index contributed by atoms with van der Waals surface area (Å²) >= 11 is 2.48. The highest BCUT2D eigenvalue weighted by Gasteiger charge is 2.18. The lowest BCUT2D eigenvalue weighted by Gasteiger charge is -2.19. The molecule has 110 valence electrons. The van der Waals surface area contributed by atoms with E-state index in [4.69, 9.17) is 5.11 Å². The van der Waals surface area contributed by atoms with Crippen LogP contribution in [0.1, 0.15) is 41.0 Å². The normalized spacial score (nSPS) is 15.9. The third-order valence-corrected chi connectivity index (χ3v) is 5.52. The fraction of sp³-hybridized carbons (Fsp3) is 0.615. The van der Waals surface area contributed by atoms with Gasteiger partial charge in [-0.1, -0.05) is 24.6 Å². The lowest BCUT2D eigenvalue weighted by atomic mass is 10.2. The van der Waals surface area contributed by atoms with Crippen LogP contribution in [0, 0.1) is 6.92 Å². The first-order valence-corrected chi connectivity index (χ1v) is 8.49. The first-order chi connectivity index (χ1) is 9.58. The standard InChI is InChI=1S/C13H18N2O3S2/c1-9-11(12(17)18)20-13(14-9)19-8-10(16)15-6-4-2-3-5-7-15/h2-8H2,1H3,(H,17,18). The van der Waals surface area contributed by atoms with E-state index in [2.05, 4.69) is 4.98 Å². The van der Waals surface area contributed by atoms with Gasteiger partial charge in [0.15, 0.2) is 4.34 Å². The average Bonchev–Trinajstić information content (AvgIpc) is 2.64. The molecule has 1 aliphatic heterocycles. The molecule has 2 heterocycles. The number of aromatic nitrogens is 1. The van der Waals surface area contributed by atoms with Gasteiger partial charge in [-0.05, 0) is 19.8 Å². The van der Waals surface area contributed by atoms with Gasteiger partial charge in [-0.3, -0.25) is 4.79 Å². The number of thiazole rings is 1. The highest BCUT2D eigenvalue weighted by atomic mass is 32.2. The summed E-state index contributed by atoms with van der Waals surface area (Å²) < 4.78 is 0.656. The number of rotatable bonds is 4. The van der Waals surface area contributed by atoms with Crippen LogP contribution >= 0.6 is 23.1 Å². The molecule has 0 radical (unpaired) electrons. The molecule has 0 aliphatic carbocycles. The van der Waals surface area contributed by atoms with Crippen molar-refractivity contribution in [3.05, 3.63) is 10.6 Å². The largest absolute Gasteiger partial charge is 0.477 e. The van der Waals surface area contributed by atoms with E-state index >= 15 is 0 Å². The SMILES string of the molecule is Cc1nc(SCC(=O)N2CCCCCC2)sc1C(=O)O. The maximum Gasteiger partial charge on any atom is 0.347 e. The predicted molar refractivity (Wildman–Crippen MR) is 79.6 cm³/mol. The summed E-state index contributed by atoms with van der Waals surface area (Å²) in [6, 6.07) is 0. The minimum atomic E-state index is -0.953. The molecule has 1 aromatic heterocycles. The lowest BCUT2D eigenvalue weighted by molar-refractivity contribution is -0.128. The van der Waals surface area contributed by atoms with Gasteiger partial charge in [0.2, 0.25) is 5.91 Å². The summed E-state index contributed by atoms with van der Waals surface area (Å²) in [6.45, 7) is 3.37. The van der Waals surface area contributed by atoms with Crippen molar-refractivity contribution >= 4 is 35.0 Å². The Kier molecular flexibility index (Phi) is 5.42. The second-order valence-corrected chi connectivity index (χ2v) is 7.00. The number of amides is 1. The molecule has 7 heteroatoms. The molecule has 1 fully saturated rings. The zero-order valence-corrected chi connectivity index (χ0v) is 13.1. The maximum atomic E-state index is 12.1. The van der Waals surface area contributed by atoms with Gasteiger partial charge in [0.1, 0.15) is 4.88 Å². The van der Waals surface area contributed by atoms with Crippen molar-refractivity contribution < 1.29 is 14.7 Å². The highest BCUT2D eigenvalue weighted by molar-refractivity contribution is 8.01. The molecule has 1 N–H and O–H groups in total. The number of aromatic carboxylic acids is 1. The Morgan fingerprint density at radius 1 is 1.30 bits per heavy atom. The van der Waals surface area contributed by atoms with Gasteiger partial charge in [-0.25, -0.2) is 9.78 Å². The van der Waals surface area contributed by atoms with E-state index in [0.717, 1.165) is 37.3 Å². The Hall–Kier alpha value is -1.08. The minimum Gasteiger partial charge on any atom is -0.477 e. The van der Waals surface area contributed by atoms with Crippen LogP contribution < -0.4 is 0 Å². The van der Waals surface area contributed by atoms with Crippen LogP contribution in [0.3, 0.4) is 0 Å². The lowest BCUT2D eigenvalue weighted by Crippen LogP contribution is -2.33. The Morgan fingerprint density at radius 2 is 1.95 bits per heavy atom. The molecular weight excluding hydrogens is 296 g/mol. The number of carboxylic acids is 1. The van der Waals surface area contributed by atoms with Crippen LogP contribution in [0.4, 0.5) is 0 Å². The fourth-order valence-corrected chi connectivity index (χ4v) is 4.10. The molecule has 1 aromatic rings. The van der Waals surface area contributed by atoms with E-state index in [-0.39, 0.29) is 10.8 Å². The van der Waals surface area contributed by atoms with Gasteiger partial charge < -0.3 is 10.0 Å². The topological polar surface area (TPSA) is 70.5 Å². The van der Waals surface area contributed by atoms with Crippen LogP contribution in [0.15, 0.2) is 4.34 Å². The average molecular weight is 314 g/mol. The van der Waals surface area contributed by atoms with Crippen molar-refractivity contribution in [3.63, 3.8) is 0 Å². The summed E-state index contributed by atoms with van der Waals surface area (Å²) in [7, 11) is 0. The summed E-state index contributed by atoms with van der Waals surface area (Å²) in [5.74, 6) is -0.487. The van der Waals surface area contributed by atoms with E-state index in [1.807, 2.05) is 4.90 Å². The van der Waals surface area contributed by atoms with Gasteiger partial charge in [0.05, 0.1) is 11.4 Å². The molecule has 5 nitrogen and oxygen atoms in total. The smallest absolute Gasteiger partial charge is 0.347 e. The van der Waals surface area contributed by atoms with E-state index in [9.17, 15) is 9.59 Å². The van der Waals surface area contributed by atoms with Crippen molar-refractivity contribution in [2.75, 3.05) is 18.8 Å². The summed E-state index contributed by atoms with van der Waals surface area (Å²) in [5.41, 5.74) is 0.521. The van der Waals surface area contributed by atoms with Crippen molar-refractivity contribution in [1.82, 2.24) is 9.88 Å². The summed E-state index contributed by atoms with van der Waals surface area (Å²) in [6.07, 6.45) is 4.56. The van der Waals surface area contributed by atoms with Crippen LogP contribution in [-0.4, -0.2) is 45.7 Å². The Bertz CT molecular complexity index is 494. The molecule has 0 aromatic carbocycles. The zero-order chi connectivity index (χ0) is 14.5. The number of thioether (sulfide) groups is 1. The van der Waals surface area contributed by atoms with Crippen LogP contribution in [0.25, 0.3) is 0 Å². The summed E-state index contributed by atoms with van der Waals surface area (Å²) in [4.78, 5) is 29.4. The zero-order valence-electron chi connectivity index (χ0n) is 11.4. The number of carbonyl (C=O) groups excluding carboxylic acids is 1. The Labute approximate surface area is 126 Å². The number of carboxylic acid groups (broad SMARTS) is 1. The molecule has 0 atom stereocenters. The van der Waals surface area contributed by atoms with Crippen LogP contribution in [0.2, 0.25) is 0 Å². The number of likely N-dealkylation sites (tertiary alicyclic amines) is 1. The van der Waals surface area contributed by atoms with E-state index in [1.165, 1.54) is 24.6 Å². The van der Waals surface area contributed by atoms with Gasteiger partial charge in [-0.15, -0.1) is 11.3 Å². The van der Waals surface area contributed by atoms with Gasteiger partial charge >= 0.3 is 5.97 Å². The molecule has 1 aliphatic rings. The van der Waals surface area contributed by atoms with Gasteiger partial charge in [0, 0.05) is 13.1 Å². The predicted octanol–water partition coefficient (Wildman–Crippen LogP) is 2.64. The van der Waals surface area contributed by atoms with Crippen LogP contribution in [-0.2, 0) is 4.79 Å². The van der Waals surface area contributed by atoms with Crippen LogP contribution in [0.5, 0.6) is 0 Å².